The first-order valence-electron chi connectivity index (χ1n) is 6.12. The van der Waals surface area contributed by atoms with Gasteiger partial charge >= 0.3 is 5.97 Å². The zero-order valence-corrected chi connectivity index (χ0v) is 10.9. The Morgan fingerprint density at radius 2 is 2.00 bits per heavy atom. The normalized spacial score (nSPS) is 10.2. The van der Waals surface area contributed by atoms with E-state index in [9.17, 15) is 9.59 Å². The van der Waals surface area contributed by atoms with Crippen molar-refractivity contribution in [2.45, 2.75) is 19.9 Å². The standard InChI is InChI=1S/C13H14N4O3/c1-2-10-15-11(17-16-10)12(18)14-7-8-3-5-9(6-4-8)13(19)20/h3-6H,2,7H2,1H3,(H,14,18)(H,19,20)(H,15,16,17). The molecule has 1 heterocycles. The van der Waals surface area contributed by atoms with E-state index in [2.05, 4.69) is 20.5 Å². The number of rotatable bonds is 5. The molecule has 2 aromatic rings. The zero-order valence-electron chi connectivity index (χ0n) is 10.9. The summed E-state index contributed by atoms with van der Waals surface area (Å²) >= 11 is 0. The number of nitrogens with zero attached hydrogens (tertiary/aromatic N) is 2. The molecule has 104 valence electrons. The molecule has 0 unspecified atom stereocenters. The van der Waals surface area contributed by atoms with Crippen LogP contribution in [-0.2, 0) is 13.0 Å². The van der Waals surface area contributed by atoms with Gasteiger partial charge in [-0.05, 0) is 17.7 Å². The van der Waals surface area contributed by atoms with Crippen molar-refractivity contribution >= 4 is 11.9 Å². The zero-order chi connectivity index (χ0) is 14.5. The molecule has 7 heteroatoms. The quantitative estimate of drug-likeness (QED) is 0.753. The minimum absolute atomic E-state index is 0.101. The van der Waals surface area contributed by atoms with Gasteiger partial charge in [0.25, 0.3) is 5.91 Å². The number of hydrogen-bond donors (Lipinski definition) is 3. The van der Waals surface area contributed by atoms with Gasteiger partial charge in [-0.15, -0.1) is 5.10 Å². The van der Waals surface area contributed by atoms with E-state index in [0.717, 1.165) is 5.56 Å². The third kappa shape index (κ3) is 3.19. The lowest BCUT2D eigenvalue weighted by Crippen LogP contribution is -2.24. The number of H-pyrrole nitrogens is 1. The maximum absolute atomic E-state index is 11.8. The lowest BCUT2D eigenvalue weighted by molar-refractivity contribution is 0.0696. The van der Waals surface area contributed by atoms with Gasteiger partial charge in [-0.3, -0.25) is 9.89 Å². The highest BCUT2D eigenvalue weighted by Gasteiger charge is 2.11. The van der Waals surface area contributed by atoms with E-state index in [1.807, 2.05) is 6.92 Å². The van der Waals surface area contributed by atoms with Crippen molar-refractivity contribution in [1.82, 2.24) is 20.5 Å². The smallest absolute Gasteiger partial charge is 0.335 e. The van der Waals surface area contributed by atoms with E-state index in [1.54, 1.807) is 12.1 Å². The van der Waals surface area contributed by atoms with E-state index in [0.29, 0.717) is 12.2 Å². The molecule has 20 heavy (non-hydrogen) atoms. The van der Waals surface area contributed by atoms with Gasteiger partial charge in [0.05, 0.1) is 5.56 Å². The number of amides is 1. The molecule has 3 N–H and O–H groups in total. The van der Waals surface area contributed by atoms with Gasteiger partial charge in [-0.25, -0.2) is 9.78 Å². The summed E-state index contributed by atoms with van der Waals surface area (Å²) in [6, 6.07) is 6.29. The van der Waals surface area contributed by atoms with Gasteiger partial charge < -0.3 is 10.4 Å². The first-order chi connectivity index (χ1) is 9.60. The molecule has 0 atom stereocenters. The number of benzene rings is 1. The highest BCUT2D eigenvalue weighted by molar-refractivity contribution is 5.90. The average molecular weight is 274 g/mol. The van der Waals surface area contributed by atoms with Gasteiger partial charge in [0.1, 0.15) is 5.82 Å². The van der Waals surface area contributed by atoms with Crippen LogP contribution in [0.3, 0.4) is 0 Å². The molecule has 1 aromatic heterocycles. The Morgan fingerprint density at radius 1 is 1.30 bits per heavy atom. The van der Waals surface area contributed by atoms with Crippen molar-refractivity contribution in [3.05, 3.63) is 47.0 Å². The molecule has 0 aliphatic carbocycles. The summed E-state index contributed by atoms with van der Waals surface area (Å²) in [6.07, 6.45) is 0.678. The molecule has 2 rings (SSSR count). The molecule has 0 aliphatic heterocycles. The Bertz CT molecular complexity index is 619. The molecular weight excluding hydrogens is 260 g/mol. The van der Waals surface area contributed by atoms with Gasteiger partial charge in [0, 0.05) is 13.0 Å². The van der Waals surface area contributed by atoms with Crippen LogP contribution in [0.25, 0.3) is 0 Å². The van der Waals surface area contributed by atoms with Crippen LogP contribution in [0.4, 0.5) is 0 Å². The molecule has 0 bridgehead atoms. The largest absolute Gasteiger partial charge is 0.478 e. The van der Waals surface area contributed by atoms with Crippen molar-refractivity contribution in [1.29, 1.82) is 0 Å². The number of aromatic nitrogens is 3. The third-order valence-electron chi connectivity index (χ3n) is 2.72. The average Bonchev–Trinajstić information content (AvgIpc) is 2.94. The van der Waals surface area contributed by atoms with Crippen molar-refractivity contribution in [3.8, 4) is 0 Å². The molecule has 1 amide bonds. The second-order valence-corrected chi connectivity index (χ2v) is 4.14. The molecule has 7 nitrogen and oxygen atoms in total. The highest BCUT2D eigenvalue weighted by atomic mass is 16.4. The Morgan fingerprint density at radius 3 is 2.55 bits per heavy atom. The van der Waals surface area contributed by atoms with Crippen LogP contribution < -0.4 is 5.32 Å². The summed E-state index contributed by atoms with van der Waals surface area (Å²) in [4.78, 5) is 26.5. The van der Waals surface area contributed by atoms with Gasteiger partial charge in [0.2, 0.25) is 5.82 Å². The number of nitrogens with one attached hydrogen (secondary N) is 2. The van der Waals surface area contributed by atoms with E-state index in [4.69, 9.17) is 5.11 Å². The summed E-state index contributed by atoms with van der Waals surface area (Å²) in [5.41, 5.74) is 1.01. The number of aromatic carboxylic acids is 1. The molecule has 0 radical (unpaired) electrons. The minimum Gasteiger partial charge on any atom is -0.478 e. The topological polar surface area (TPSA) is 108 Å². The Labute approximate surface area is 115 Å². The number of carboxylic acids is 1. The second-order valence-electron chi connectivity index (χ2n) is 4.14. The lowest BCUT2D eigenvalue weighted by Gasteiger charge is -2.03. The first kappa shape index (κ1) is 13.7. The van der Waals surface area contributed by atoms with Crippen LogP contribution in [0.2, 0.25) is 0 Å². The monoisotopic (exact) mass is 274 g/mol. The maximum Gasteiger partial charge on any atom is 0.335 e. The predicted octanol–water partition coefficient (Wildman–Crippen LogP) is 0.995. The number of hydrogen-bond acceptors (Lipinski definition) is 4. The molecular formula is C13H14N4O3. The number of carboxylic acid groups (broad SMARTS) is 1. The minimum atomic E-state index is -0.978. The summed E-state index contributed by atoms with van der Waals surface area (Å²) in [6.45, 7) is 2.20. The second kappa shape index (κ2) is 5.96. The maximum atomic E-state index is 11.8. The van der Waals surface area contributed by atoms with E-state index < -0.39 is 5.97 Å². The van der Waals surface area contributed by atoms with Crippen LogP contribution in [0.1, 0.15) is 39.3 Å². The molecule has 0 saturated heterocycles. The summed E-state index contributed by atoms with van der Waals surface area (Å²) in [5.74, 6) is -0.596. The molecule has 0 spiro atoms. The number of aromatic amines is 1. The SMILES string of the molecule is CCc1nc(C(=O)NCc2ccc(C(=O)O)cc2)n[nH]1. The first-order valence-corrected chi connectivity index (χ1v) is 6.12. The fraction of sp³-hybridized carbons (Fsp3) is 0.231. The number of carbonyl (C=O) groups is 2. The molecule has 0 aliphatic rings. The number of carbonyl (C=O) groups excluding carboxylic acids is 1. The summed E-state index contributed by atoms with van der Waals surface area (Å²) in [5, 5.41) is 17.9. The van der Waals surface area contributed by atoms with Crippen molar-refractivity contribution < 1.29 is 14.7 Å². The highest BCUT2D eigenvalue weighted by Crippen LogP contribution is 2.04. The van der Waals surface area contributed by atoms with E-state index in [1.165, 1.54) is 12.1 Å². The van der Waals surface area contributed by atoms with Crippen LogP contribution in [0.5, 0.6) is 0 Å². The fourth-order valence-corrected chi connectivity index (χ4v) is 1.58. The van der Waals surface area contributed by atoms with Gasteiger partial charge in [-0.1, -0.05) is 19.1 Å². The molecule has 0 saturated carbocycles. The predicted molar refractivity (Wildman–Crippen MR) is 70.3 cm³/mol. The van der Waals surface area contributed by atoms with Crippen LogP contribution >= 0.6 is 0 Å². The lowest BCUT2D eigenvalue weighted by atomic mass is 10.1. The van der Waals surface area contributed by atoms with Gasteiger partial charge in [-0.2, -0.15) is 0 Å². The van der Waals surface area contributed by atoms with Crippen molar-refractivity contribution in [3.63, 3.8) is 0 Å². The van der Waals surface area contributed by atoms with Gasteiger partial charge in [0.15, 0.2) is 0 Å². The third-order valence-corrected chi connectivity index (χ3v) is 2.72. The number of aryl methyl sites for hydroxylation is 1. The van der Waals surface area contributed by atoms with Crippen molar-refractivity contribution in [2.75, 3.05) is 0 Å². The Kier molecular flexibility index (Phi) is 4.09. The Balaban J connectivity index is 1.94. The van der Waals surface area contributed by atoms with E-state index >= 15 is 0 Å². The summed E-state index contributed by atoms with van der Waals surface area (Å²) in [7, 11) is 0. The van der Waals surface area contributed by atoms with Crippen LogP contribution in [-0.4, -0.2) is 32.2 Å². The molecule has 1 aromatic carbocycles. The summed E-state index contributed by atoms with van der Waals surface area (Å²) < 4.78 is 0. The van der Waals surface area contributed by atoms with Crippen LogP contribution in [0.15, 0.2) is 24.3 Å². The van der Waals surface area contributed by atoms with E-state index in [-0.39, 0.29) is 23.8 Å². The fourth-order valence-electron chi connectivity index (χ4n) is 1.58. The molecule has 0 fully saturated rings. The Hall–Kier alpha value is -2.70. The van der Waals surface area contributed by atoms with Crippen molar-refractivity contribution in [2.24, 2.45) is 0 Å². The van der Waals surface area contributed by atoms with Crippen LogP contribution in [0, 0.1) is 0 Å².